The zero-order valence-electron chi connectivity index (χ0n) is 8.26. The Kier molecular flexibility index (Phi) is 2.56. The molecule has 0 saturated heterocycles. The van der Waals surface area contributed by atoms with Gasteiger partial charge in [-0.15, -0.1) is 0 Å². The Balaban J connectivity index is 2.32. The van der Waals surface area contributed by atoms with Crippen LogP contribution in [0.3, 0.4) is 0 Å². The average Bonchev–Trinajstić information content (AvgIpc) is 2.50. The van der Waals surface area contributed by atoms with Crippen molar-refractivity contribution in [1.82, 2.24) is 15.3 Å². The predicted molar refractivity (Wildman–Crippen MR) is 56.3 cm³/mol. The minimum Gasteiger partial charge on any atom is -0.352 e. The lowest BCUT2D eigenvalue weighted by atomic mass is 10.3. The Bertz CT molecular complexity index is 351. The van der Waals surface area contributed by atoms with E-state index in [0.717, 1.165) is 24.3 Å². The topological polar surface area (TPSA) is 49.8 Å². The molecule has 0 atom stereocenters. The molecule has 0 unspecified atom stereocenters. The SMILES string of the molecule is CC(C)Nc1nc(Cl)c2c(n1)CNC2. The van der Waals surface area contributed by atoms with Gasteiger partial charge in [0.25, 0.3) is 0 Å². The molecule has 1 aliphatic rings. The highest BCUT2D eigenvalue weighted by Gasteiger charge is 2.17. The molecule has 1 aliphatic heterocycles. The summed E-state index contributed by atoms with van der Waals surface area (Å²) in [6.45, 7) is 5.64. The molecule has 14 heavy (non-hydrogen) atoms. The summed E-state index contributed by atoms with van der Waals surface area (Å²) in [7, 11) is 0. The van der Waals surface area contributed by atoms with Crippen LogP contribution in [0.2, 0.25) is 5.15 Å². The Morgan fingerprint density at radius 2 is 2.14 bits per heavy atom. The molecule has 2 heterocycles. The first-order chi connectivity index (χ1) is 6.66. The number of rotatable bonds is 2. The van der Waals surface area contributed by atoms with E-state index in [9.17, 15) is 0 Å². The fraction of sp³-hybridized carbons (Fsp3) is 0.556. The van der Waals surface area contributed by atoms with Crippen LogP contribution >= 0.6 is 11.6 Å². The van der Waals surface area contributed by atoms with E-state index in [1.807, 2.05) is 13.8 Å². The van der Waals surface area contributed by atoms with Crippen LogP contribution in [0, 0.1) is 0 Å². The van der Waals surface area contributed by atoms with Crippen LogP contribution in [0.4, 0.5) is 5.95 Å². The number of anilines is 1. The van der Waals surface area contributed by atoms with E-state index < -0.39 is 0 Å². The molecule has 5 heteroatoms. The third kappa shape index (κ3) is 1.81. The van der Waals surface area contributed by atoms with Gasteiger partial charge >= 0.3 is 0 Å². The number of hydrogen-bond donors (Lipinski definition) is 2. The lowest BCUT2D eigenvalue weighted by Gasteiger charge is -2.09. The molecule has 1 aromatic heterocycles. The van der Waals surface area contributed by atoms with Gasteiger partial charge in [-0.3, -0.25) is 0 Å². The van der Waals surface area contributed by atoms with E-state index in [4.69, 9.17) is 11.6 Å². The van der Waals surface area contributed by atoms with Crippen molar-refractivity contribution in [3.05, 3.63) is 16.4 Å². The molecule has 0 spiro atoms. The van der Waals surface area contributed by atoms with Crippen LogP contribution in [0.5, 0.6) is 0 Å². The number of fused-ring (bicyclic) bond motifs is 1. The van der Waals surface area contributed by atoms with Crippen molar-refractivity contribution in [3.8, 4) is 0 Å². The summed E-state index contributed by atoms with van der Waals surface area (Å²) in [5.74, 6) is 0.618. The molecular weight excluding hydrogens is 200 g/mol. The van der Waals surface area contributed by atoms with Gasteiger partial charge in [0.05, 0.1) is 5.69 Å². The smallest absolute Gasteiger partial charge is 0.224 e. The summed E-state index contributed by atoms with van der Waals surface area (Å²) < 4.78 is 0. The van der Waals surface area contributed by atoms with Gasteiger partial charge in [-0.25, -0.2) is 9.97 Å². The standard InChI is InChI=1S/C9H13ClN4/c1-5(2)12-9-13-7-4-11-3-6(7)8(10)14-9/h5,11H,3-4H2,1-2H3,(H,12,13,14). The predicted octanol–water partition coefficient (Wildman–Crippen LogP) is 1.55. The van der Waals surface area contributed by atoms with Crippen molar-refractivity contribution >= 4 is 17.5 Å². The van der Waals surface area contributed by atoms with Crippen molar-refractivity contribution in [3.63, 3.8) is 0 Å². The first kappa shape index (κ1) is 9.68. The summed E-state index contributed by atoms with van der Waals surface area (Å²) in [6.07, 6.45) is 0. The van der Waals surface area contributed by atoms with Gasteiger partial charge in [-0.05, 0) is 13.8 Å². The van der Waals surface area contributed by atoms with Crippen LogP contribution < -0.4 is 10.6 Å². The molecule has 0 saturated carbocycles. The summed E-state index contributed by atoms with van der Waals surface area (Å²) in [5.41, 5.74) is 2.04. The third-order valence-electron chi connectivity index (χ3n) is 2.05. The maximum Gasteiger partial charge on any atom is 0.224 e. The van der Waals surface area contributed by atoms with E-state index in [2.05, 4.69) is 20.6 Å². The van der Waals surface area contributed by atoms with Gasteiger partial charge in [-0.1, -0.05) is 11.6 Å². The Hall–Kier alpha value is -0.870. The zero-order valence-corrected chi connectivity index (χ0v) is 9.02. The van der Waals surface area contributed by atoms with Gasteiger partial charge in [0, 0.05) is 24.7 Å². The maximum atomic E-state index is 6.03. The molecule has 0 aliphatic carbocycles. The molecule has 1 aromatic rings. The Labute approximate surface area is 88.1 Å². The van der Waals surface area contributed by atoms with Crippen molar-refractivity contribution < 1.29 is 0 Å². The second kappa shape index (κ2) is 3.71. The van der Waals surface area contributed by atoms with Gasteiger partial charge in [0.15, 0.2) is 0 Å². The molecule has 4 nitrogen and oxygen atoms in total. The largest absolute Gasteiger partial charge is 0.352 e. The molecule has 0 radical (unpaired) electrons. The molecule has 2 rings (SSSR count). The van der Waals surface area contributed by atoms with E-state index >= 15 is 0 Å². The monoisotopic (exact) mass is 212 g/mol. The quantitative estimate of drug-likeness (QED) is 0.731. The summed E-state index contributed by atoms with van der Waals surface area (Å²) in [5, 5.41) is 6.89. The summed E-state index contributed by atoms with van der Waals surface area (Å²) in [6, 6.07) is 0.318. The van der Waals surface area contributed by atoms with Gasteiger partial charge in [0.2, 0.25) is 5.95 Å². The minimum atomic E-state index is 0.318. The second-order valence-electron chi connectivity index (χ2n) is 3.67. The van der Waals surface area contributed by atoms with Crippen molar-refractivity contribution in [1.29, 1.82) is 0 Å². The van der Waals surface area contributed by atoms with Gasteiger partial charge in [-0.2, -0.15) is 0 Å². The highest BCUT2D eigenvalue weighted by Crippen LogP contribution is 2.22. The number of aromatic nitrogens is 2. The van der Waals surface area contributed by atoms with Crippen LogP contribution in [0.25, 0.3) is 0 Å². The molecule has 0 fully saturated rings. The molecular formula is C9H13ClN4. The zero-order chi connectivity index (χ0) is 10.1. The molecule has 0 aromatic carbocycles. The first-order valence-electron chi connectivity index (χ1n) is 4.69. The lowest BCUT2D eigenvalue weighted by Crippen LogP contribution is -2.13. The van der Waals surface area contributed by atoms with E-state index in [1.54, 1.807) is 0 Å². The number of hydrogen-bond acceptors (Lipinski definition) is 4. The van der Waals surface area contributed by atoms with Crippen LogP contribution in [-0.4, -0.2) is 16.0 Å². The fourth-order valence-corrected chi connectivity index (χ4v) is 1.71. The first-order valence-corrected chi connectivity index (χ1v) is 5.07. The summed E-state index contributed by atoms with van der Waals surface area (Å²) in [4.78, 5) is 8.57. The lowest BCUT2D eigenvalue weighted by molar-refractivity contribution is 0.757. The highest BCUT2D eigenvalue weighted by molar-refractivity contribution is 6.30. The van der Waals surface area contributed by atoms with E-state index in [0.29, 0.717) is 17.1 Å². The molecule has 0 amide bonds. The van der Waals surface area contributed by atoms with Crippen molar-refractivity contribution in [2.75, 3.05) is 5.32 Å². The van der Waals surface area contributed by atoms with E-state index in [-0.39, 0.29) is 0 Å². The molecule has 0 bridgehead atoms. The van der Waals surface area contributed by atoms with Crippen molar-refractivity contribution in [2.24, 2.45) is 0 Å². The molecule has 2 N–H and O–H groups in total. The normalized spacial score (nSPS) is 14.6. The average molecular weight is 213 g/mol. The second-order valence-corrected chi connectivity index (χ2v) is 4.02. The Morgan fingerprint density at radius 3 is 2.86 bits per heavy atom. The van der Waals surface area contributed by atoms with Crippen LogP contribution in [0.15, 0.2) is 0 Å². The van der Waals surface area contributed by atoms with Gasteiger partial charge < -0.3 is 10.6 Å². The van der Waals surface area contributed by atoms with Crippen molar-refractivity contribution in [2.45, 2.75) is 33.0 Å². The minimum absolute atomic E-state index is 0.318. The number of halogens is 1. The van der Waals surface area contributed by atoms with Crippen LogP contribution in [-0.2, 0) is 13.1 Å². The third-order valence-corrected chi connectivity index (χ3v) is 2.37. The maximum absolute atomic E-state index is 6.03. The number of nitrogens with one attached hydrogen (secondary N) is 2. The van der Waals surface area contributed by atoms with E-state index in [1.165, 1.54) is 0 Å². The fourth-order valence-electron chi connectivity index (χ4n) is 1.45. The Morgan fingerprint density at radius 1 is 1.36 bits per heavy atom. The van der Waals surface area contributed by atoms with Crippen LogP contribution in [0.1, 0.15) is 25.1 Å². The highest BCUT2D eigenvalue weighted by atomic mass is 35.5. The van der Waals surface area contributed by atoms with Gasteiger partial charge in [0.1, 0.15) is 5.15 Å². The molecule has 76 valence electrons. The number of nitrogens with zero attached hydrogens (tertiary/aromatic N) is 2. The summed E-state index contributed by atoms with van der Waals surface area (Å²) >= 11 is 6.03.